The number of carbonyl (C=O) groups excluding carboxylic acids is 1. The predicted octanol–water partition coefficient (Wildman–Crippen LogP) is 5.42. The Morgan fingerprint density at radius 2 is 1.74 bits per heavy atom. The summed E-state index contributed by atoms with van der Waals surface area (Å²) in [4.78, 5) is 34.7. The molecule has 1 unspecified atom stereocenters. The Kier molecular flexibility index (Phi) is 9.33. The first-order chi connectivity index (χ1) is 19.0. The van der Waals surface area contributed by atoms with Crippen LogP contribution in [-0.2, 0) is 4.74 Å². The summed E-state index contributed by atoms with van der Waals surface area (Å²) in [6.07, 6.45) is 1.17. The molecule has 204 valence electrons. The molecular weight excluding hydrogens is 494 g/mol. The van der Waals surface area contributed by atoms with Crippen molar-refractivity contribution >= 4 is 16.8 Å². The van der Waals surface area contributed by atoms with E-state index in [9.17, 15) is 9.59 Å². The second-order valence-electron chi connectivity index (χ2n) is 9.06. The molecule has 0 spiro atoms. The number of aromatic nitrogens is 2. The molecule has 1 amide bonds. The van der Waals surface area contributed by atoms with Crippen molar-refractivity contribution in [3.63, 3.8) is 0 Å². The predicted molar refractivity (Wildman–Crippen MR) is 152 cm³/mol. The van der Waals surface area contributed by atoms with E-state index in [2.05, 4.69) is 0 Å². The second-order valence-corrected chi connectivity index (χ2v) is 9.06. The molecule has 0 radical (unpaired) electrons. The highest BCUT2D eigenvalue weighted by Crippen LogP contribution is 2.29. The van der Waals surface area contributed by atoms with E-state index in [1.807, 2.05) is 56.3 Å². The fraction of sp³-hybridized carbons (Fsp3) is 0.323. The van der Waals surface area contributed by atoms with Crippen LogP contribution < -0.4 is 15.0 Å². The van der Waals surface area contributed by atoms with Crippen LogP contribution in [0.5, 0.6) is 11.5 Å². The number of hydrogen-bond donors (Lipinski definition) is 0. The molecule has 4 aromatic rings. The molecule has 0 N–H and O–H groups in total. The summed E-state index contributed by atoms with van der Waals surface area (Å²) in [6, 6.07) is 21.3. The van der Waals surface area contributed by atoms with Crippen molar-refractivity contribution in [2.45, 2.75) is 32.7 Å². The van der Waals surface area contributed by atoms with Gasteiger partial charge >= 0.3 is 0 Å². The summed E-state index contributed by atoms with van der Waals surface area (Å²) in [6.45, 7) is 5.39. The number of nitrogens with zero attached hydrogens (tertiary/aromatic N) is 3. The summed E-state index contributed by atoms with van der Waals surface area (Å²) in [7, 11) is 3.21. The summed E-state index contributed by atoms with van der Waals surface area (Å²) in [5.41, 5.74) is 1.55. The Morgan fingerprint density at radius 1 is 0.974 bits per heavy atom. The van der Waals surface area contributed by atoms with Gasteiger partial charge < -0.3 is 19.1 Å². The zero-order valence-corrected chi connectivity index (χ0v) is 22.9. The summed E-state index contributed by atoms with van der Waals surface area (Å²) < 4.78 is 17.9. The minimum atomic E-state index is -0.482. The summed E-state index contributed by atoms with van der Waals surface area (Å²) in [5.74, 6) is 1.64. The number of para-hydroxylation sites is 1. The van der Waals surface area contributed by atoms with Crippen molar-refractivity contribution in [3.05, 3.63) is 94.5 Å². The molecule has 1 atom stereocenters. The van der Waals surface area contributed by atoms with E-state index >= 15 is 0 Å². The number of hydrogen-bond acceptors (Lipinski definition) is 6. The molecule has 4 rings (SSSR count). The van der Waals surface area contributed by atoms with Gasteiger partial charge in [-0.1, -0.05) is 25.1 Å². The van der Waals surface area contributed by atoms with Gasteiger partial charge in [0.2, 0.25) is 0 Å². The molecule has 0 aliphatic carbocycles. The lowest BCUT2D eigenvalue weighted by Crippen LogP contribution is -2.39. The third kappa shape index (κ3) is 6.12. The van der Waals surface area contributed by atoms with E-state index in [0.717, 1.165) is 0 Å². The molecule has 1 aromatic heterocycles. The van der Waals surface area contributed by atoms with Gasteiger partial charge in [0.1, 0.15) is 17.3 Å². The van der Waals surface area contributed by atoms with E-state index in [1.165, 1.54) is 0 Å². The van der Waals surface area contributed by atoms with Gasteiger partial charge in [-0.05, 0) is 74.4 Å². The Balaban J connectivity index is 1.89. The van der Waals surface area contributed by atoms with Crippen LogP contribution in [0.4, 0.5) is 0 Å². The van der Waals surface area contributed by atoms with Crippen LogP contribution in [0.1, 0.15) is 48.9 Å². The Labute approximate surface area is 228 Å². The van der Waals surface area contributed by atoms with Gasteiger partial charge in [0, 0.05) is 25.8 Å². The molecule has 1 heterocycles. The fourth-order valence-electron chi connectivity index (χ4n) is 4.72. The van der Waals surface area contributed by atoms with Gasteiger partial charge in [-0.2, -0.15) is 0 Å². The van der Waals surface area contributed by atoms with E-state index in [1.54, 1.807) is 54.0 Å². The molecule has 0 saturated carbocycles. The number of ether oxygens (including phenoxy) is 3. The average Bonchev–Trinajstić information content (AvgIpc) is 2.97. The minimum Gasteiger partial charge on any atom is -0.497 e. The third-order valence-electron chi connectivity index (χ3n) is 6.59. The first-order valence-electron chi connectivity index (χ1n) is 13.2. The number of fused-ring (bicyclic) bond motifs is 1. The van der Waals surface area contributed by atoms with Crippen LogP contribution in [0.2, 0.25) is 0 Å². The van der Waals surface area contributed by atoms with Crippen LogP contribution in [0.15, 0.2) is 77.6 Å². The van der Waals surface area contributed by atoms with E-state index in [0.29, 0.717) is 72.1 Å². The smallest absolute Gasteiger partial charge is 0.266 e. The normalized spacial score (nSPS) is 11.8. The van der Waals surface area contributed by atoms with Crippen molar-refractivity contribution in [2.24, 2.45) is 0 Å². The van der Waals surface area contributed by atoms with Gasteiger partial charge in [0.05, 0.1) is 36.3 Å². The average molecular weight is 530 g/mol. The van der Waals surface area contributed by atoms with Crippen molar-refractivity contribution in [1.82, 2.24) is 14.5 Å². The van der Waals surface area contributed by atoms with E-state index < -0.39 is 6.04 Å². The molecular formula is C31H35N3O5. The summed E-state index contributed by atoms with van der Waals surface area (Å²) >= 11 is 0. The molecule has 3 aromatic carbocycles. The van der Waals surface area contributed by atoms with Crippen molar-refractivity contribution in [2.75, 3.05) is 34.0 Å². The van der Waals surface area contributed by atoms with Crippen LogP contribution in [0.25, 0.3) is 16.6 Å². The van der Waals surface area contributed by atoms with Gasteiger partial charge in [-0.25, -0.2) is 4.98 Å². The van der Waals surface area contributed by atoms with Crippen molar-refractivity contribution < 1.29 is 19.0 Å². The molecule has 8 heteroatoms. The SMILES string of the molecule is CCOc1ccc(-n2c(C(CC)N(CCCOC)C(=O)c3cccc(OC)c3)nc3ccccc3c2=O)cc1. The zero-order chi connectivity index (χ0) is 27.8. The van der Waals surface area contributed by atoms with E-state index in [4.69, 9.17) is 19.2 Å². The Hall–Kier alpha value is -4.17. The lowest BCUT2D eigenvalue weighted by atomic mass is 10.1. The zero-order valence-electron chi connectivity index (χ0n) is 22.9. The van der Waals surface area contributed by atoms with Crippen LogP contribution in [-0.4, -0.2) is 54.3 Å². The number of amides is 1. The second kappa shape index (κ2) is 13.1. The van der Waals surface area contributed by atoms with Crippen LogP contribution in [0, 0.1) is 0 Å². The molecule has 0 aliphatic heterocycles. The maximum absolute atomic E-state index is 14.0. The quantitative estimate of drug-likeness (QED) is 0.228. The maximum atomic E-state index is 14.0. The number of benzene rings is 3. The third-order valence-corrected chi connectivity index (χ3v) is 6.59. The largest absolute Gasteiger partial charge is 0.497 e. The van der Waals surface area contributed by atoms with Crippen LogP contribution in [0.3, 0.4) is 0 Å². The molecule has 0 bridgehead atoms. The Bertz CT molecular complexity index is 1470. The van der Waals surface area contributed by atoms with Gasteiger partial charge in [-0.15, -0.1) is 0 Å². The van der Waals surface area contributed by atoms with Gasteiger partial charge in [-0.3, -0.25) is 14.2 Å². The Morgan fingerprint density at radius 3 is 2.44 bits per heavy atom. The fourth-order valence-corrected chi connectivity index (χ4v) is 4.72. The molecule has 8 nitrogen and oxygen atoms in total. The molecule has 0 fully saturated rings. The number of carbonyl (C=O) groups is 1. The standard InChI is InChI=1S/C31H35N3O5/c1-5-28(33(19-10-20-37-3)30(35)22-11-9-12-25(21-22)38-4)29-32-27-14-8-7-13-26(27)31(36)34(29)23-15-17-24(18-16-23)39-6-2/h7-9,11-18,21,28H,5-6,10,19-20H2,1-4H3. The maximum Gasteiger partial charge on any atom is 0.266 e. The highest BCUT2D eigenvalue weighted by Gasteiger charge is 2.30. The molecule has 39 heavy (non-hydrogen) atoms. The minimum absolute atomic E-state index is 0.169. The highest BCUT2D eigenvalue weighted by atomic mass is 16.5. The number of methoxy groups -OCH3 is 2. The first kappa shape index (κ1) is 27.9. The van der Waals surface area contributed by atoms with Crippen molar-refractivity contribution in [3.8, 4) is 17.2 Å². The van der Waals surface area contributed by atoms with Gasteiger partial charge in [0.25, 0.3) is 11.5 Å². The first-order valence-corrected chi connectivity index (χ1v) is 13.2. The lowest BCUT2D eigenvalue weighted by Gasteiger charge is -2.32. The monoisotopic (exact) mass is 529 g/mol. The highest BCUT2D eigenvalue weighted by molar-refractivity contribution is 5.95. The van der Waals surface area contributed by atoms with Gasteiger partial charge in [0.15, 0.2) is 0 Å². The van der Waals surface area contributed by atoms with E-state index in [-0.39, 0.29) is 11.5 Å². The summed E-state index contributed by atoms with van der Waals surface area (Å²) in [5, 5.41) is 0.509. The lowest BCUT2D eigenvalue weighted by molar-refractivity contribution is 0.0634. The molecule has 0 aliphatic rings. The van der Waals surface area contributed by atoms with Crippen LogP contribution >= 0.6 is 0 Å². The van der Waals surface area contributed by atoms with Crippen molar-refractivity contribution in [1.29, 1.82) is 0 Å². The number of rotatable bonds is 12. The topological polar surface area (TPSA) is 82.9 Å². The molecule has 0 saturated heterocycles.